The zero-order chi connectivity index (χ0) is 10.2. The minimum atomic E-state index is -3.45. The summed E-state index contributed by atoms with van der Waals surface area (Å²) in [7, 11) is 18.2. The molecular weight excluding hydrogens is 333 g/mol. The number of hydrogen-bond donors (Lipinski definition) is 0. The minimum absolute atomic E-state index is 1.00. The van der Waals surface area contributed by atoms with E-state index in [1.807, 2.05) is 13.8 Å². The molecule has 0 aliphatic rings. The maximum absolute atomic E-state index is 6.06. The van der Waals surface area contributed by atoms with Crippen molar-refractivity contribution in [3.8, 4) is 0 Å². The van der Waals surface area contributed by atoms with Gasteiger partial charge in [-0.15, -0.1) is 0 Å². The van der Waals surface area contributed by atoms with E-state index in [0.717, 1.165) is 14.7 Å². The van der Waals surface area contributed by atoms with E-state index in [1.54, 1.807) is 0 Å². The van der Waals surface area contributed by atoms with Crippen molar-refractivity contribution in [3.05, 3.63) is 28.8 Å². The van der Waals surface area contributed by atoms with Crippen LogP contribution in [-0.4, -0.2) is 15.0 Å². The zero-order valence-electron chi connectivity index (χ0n) is 7.79. The van der Waals surface area contributed by atoms with Gasteiger partial charge in [0.2, 0.25) is 0 Å². The van der Waals surface area contributed by atoms with Crippen LogP contribution in [0.5, 0.6) is 0 Å². The number of benzene rings is 1. The Bertz CT molecular complexity index is 305. The van der Waals surface area contributed by atoms with E-state index in [-0.39, 0.29) is 0 Å². The molecule has 0 heterocycles. The monoisotopic (exact) mass is 344 g/mol. The van der Waals surface area contributed by atoms with Crippen LogP contribution >= 0.6 is 26.8 Å². The second kappa shape index (κ2) is 4.17. The average Bonchev–Trinajstić information content (AvgIpc) is 1.78. The summed E-state index contributed by atoms with van der Waals surface area (Å²) in [5, 5.41) is 0. The topological polar surface area (TPSA) is 0 Å². The third kappa shape index (κ3) is 2.92. The standard InChI is InChI=1S/C9H11.3ClH.Sn/c1-7-4-8(2)6-9(3)5-7;;;;/h4-5H,1-3H3;3*1H;/q;;;;+3/p-3. The molecule has 1 aromatic rings. The molecule has 0 unspecified atom stereocenters. The Morgan fingerprint density at radius 2 is 1.31 bits per heavy atom. The van der Waals surface area contributed by atoms with Gasteiger partial charge in [-0.25, -0.2) is 0 Å². The summed E-state index contributed by atoms with van der Waals surface area (Å²) < 4.78 is 1.00. The molecule has 1 rings (SSSR count). The van der Waals surface area contributed by atoms with Crippen molar-refractivity contribution < 1.29 is 0 Å². The molecule has 13 heavy (non-hydrogen) atoms. The van der Waals surface area contributed by atoms with Crippen molar-refractivity contribution in [2.75, 3.05) is 0 Å². The average molecular weight is 344 g/mol. The summed E-state index contributed by atoms with van der Waals surface area (Å²) in [6, 6.07) is 4.14. The molecule has 0 fully saturated rings. The first-order valence-corrected chi connectivity index (χ1v) is 16.2. The van der Waals surface area contributed by atoms with E-state index in [9.17, 15) is 0 Å². The van der Waals surface area contributed by atoms with Crippen LogP contribution < -0.4 is 3.58 Å². The molecule has 0 saturated heterocycles. The summed E-state index contributed by atoms with van der Waals surface area (Å²) in [5.74, 6) is 0. The first-order valence-electron chi connectivity index (χ1n) is 3.97. The summed E-state index contributed by atoms with van der Waals surface area (Å²) >= 11 is -3.45. The van der Waals surface area contributed by atoms with Gasteiger partial charge in [0.1, 0.15) is 0 Å². The van der Waals surface area contributed by atoms with Crippen LogP contribution in [0, 0.1) is 20.8 Å². The van der Waals surface area contributed by atoms with Crippen molar-refractivity contribution in [2.24, 2.45) is 0 Å². The molecule has 0 aromatic heterocycles. The Morgan fingerprint density at radius 1 is 0.923 bits per heavy atom. The predicted molar refractivity (Wildman–Crippen MR) is 63.6 cm³/mol. The molecule has 72 valence electrons. The Labute approximate surface area is 94.2 Å². The van der Waals surface area contributed by atoms with Gasteiger partial charge >= 0.3 is 94.9 Å². The third-order valence-corrected chi connectivity index (χ3v) is 9.63. The number of hydrogen-bond acceptors (Lipinski definition) is 0. The van der Waals surface area contributed by atoms with Crippen LogP contribution in [-0.2, 0) is 0 Å². The molecule has 0 aliphatic carbocycles. The second-order valence-electron chi connectivity index (χ2n) is 3.27. The molecule has 0 saturated carbocycles. The molecule has 0 N–H and O–H groups in total. The molecule has 4 heteroatoms. The van der Waals surface area contributed by atoms with Crippen molar-refractivity contribution >= 4 is 45.3 Å². The van der Waals surface area contributed by atoms with Gasteiger partial charge in [-0.05, 0) is 0 Å². The van der Waals surface area contributed by atoms with Gasteiger partial charge in [0.25, 0.3) is 0 Å². The van der Waals surface area contributed by atoms with Gasteiger partial charge in [-0.2, -0.15) is 0 Å². The Hall–Kier alpha value is 0.889. The van der Waals surface area contributed by atoms with Crippen LogP contribution in [0.15, 0.2) is 12.1 Å². The van der Waals surface area contributed by atoms with Crippen LogP contribution in [0.4, 0.5) is 0 Å². The molecule has 0 amide bonds. The number of halogens is 3. The van der Waals surface area contributed by atoms with Crippen molar-refractivity contribution in [2.45, 2.75) is 20.8 Å². The van der Waals surface area contributed by atoms with Crippen molar-refractivity contribution in [3.63, 3.8) is 0 Å². The fourth-order valence-electron chi connectivity index (χ4n) is 1.63. The number of aryl methyl sites for hydroxylation is 3. The molecular formula is C9H11Cl3Sn. The zero-order valence-corrected chi connectivity index (χ0v) is 12.9. The fourth-order valence-corrected chi connectivity index (χ4v) is 10.6. The summed E-state index contributed by atoms with van der Waals surface area (Å²) in [6.07, 6.45) is 0. The van der Waals surface area contributed by atoms with Crippen LogP contribution in [0.1, 0.15) is 16.7 Å². The predicted octanol–water partition coefficient (Wildman–Crippen LogP) is 3.47. The quantitative estimate of drug-likeness (QED) is 0.685. The van der Waals surface area contributed by atoms with Gasteiger partial charge in [0, 0.05) is 0 Å². The normalized spacial score (nSPS) is 11.8. The molecule has 0 atom stereocenters. The van der Waals surface area contributed by atoms with E-state index < -0.39 is 15.0 Å². The van der Waals surface area contributed by atoms with Crippen LogP contribution in [0.3, 0.4) is 0 Å². The Balaban J connectivity index is 3.38. The van der Waals surface area contributed by atoms with Crippen LogP contribution in [0.25, 0.3) is 0 Å². The molecule has 0 spiro atoms. The Morgan fingerprint density at radius 3 is 1.62 bits per heavy atom. The van der Waals surface area contributed by atoms with Crippen molar-refractivity contribution in [1.82, 2.24) is 0 Å². The van der Waals surface area contributed by atoms with Gasteiger partial charge in [0.05, 0.1) is 0 Å². The van der Waals surface area contributed by atoms with Gasteiger partial charge in [0.15, 0.2) is 0 Å². The molecule has 0 aliphatic heterocycles. The van der Waals surface area contributed by atoms with Crippen LogP contribution in [0.2, 0.25) is 0 Å². The van der Waals surface area contributed by atoms with Crippen molar-refractivity contribution in [1.29, 1.82) is 0 Å². The van der Waals surface area contributed by atoms with Gasteiger partial charge < -0.3 is 0 Å². The first kappa shape index (κ1) is 12.0. The first-order chi connectivity index (χ1) is 5.82. The van der Waals surface area contributed by atoms with E-state index in [2.05, 4.69) is 19.1 Å². The number of rotatable bonds is 1. The van der Waals surface area contributed by atoms with E-state index in [1.165, 1.54) is 5.56 Å². The Kier molecular flexibility index (Phi) is 3.84. The SMILES string of the molecule is Cc1cc(C)[c]([Sn]([Cl])([Cl])[Cl])c(C)c1. The van der Waals surface area contributed by atoms with E-state index >= 15 is 0 Å². The van der Waals surface area contributed by atoms with Gasteiger partial charge in [-0.3, -0.25) is 0 Å². The molecule has 0 nitrogen and oxygen atoms in total. The molecule has 1 aromatic carbocycles. The summed E-state index contributed by atoms with van der Waals surface area (Å²) in [6.45, 7) is 6.07. The van der Waals surface area contributed by atoms with E-state index in [0.29, 0.717) is 0 Å². The molecule has 0 bridgehead atoms. The maximum atomic E-state index is 6.06. The molecule has 0 radical (unpaired) electrons. The fraction of sp³-hybridized carbons (Fsp3) is 0.333. The van der Waals surface area contributed by atoms with Gasteiger partial charge in [-0.1, -0.05) is 0 Å². The third-order valence-electron chi connectivity index (χ3n) is 1.96. The van der Waals surface area contributed by atoms with E-state index in [4.69, 9.17) is 26.8 Å². The second-order valence-corrected chi connectivity index (χ2v) is 22.8. The summed E-state index contributed by atoms with van der Waals surface area (Å²) in [4.78, 5) is 0. The summed E-state index contributed by atoms with van der Waals surface area (Å²) in [5.41, 5.74) is 3.46.